The highest BCUT2D eigenvalue weighted by molar-refractivity contribution is 6.17. The zero-order valence-electron chi connectivity index (χ0n) is 12.5. The molecule has 4 nitrogen and oxygen atoms in total. The van der Waals surface area contributed by atoms with Gasteiger partial charge in [0.2, 0.25) is 6.79 Å². The van der Waals surface area contributed by atoms with Crippen LogP contribution in [-0.2, 0) is 6.42 Å². The fourth-order valence-electron chi connectivity index (χ4n) is 3.93. The lowest BCUT2D eigenvalue weighted by atomic mass is 9.91. The van der Waals surface area contributed by atoms with Gasteiger partial charge in [-0.3, -0.25) is 4.79 Å². The number of benzene rings is 2. The van der Waals surface area contributed by atoms with Crippen molar-refractivity contribution in [2.24, 2.45) is 0 Å². The van der Waals surface area contributed by atoms with Crippen molar-refractivity contribution in [3.8, 4) is 11.5 Å². The first-order valence-electron chi connectivity index (χ1n) is 7.46. The Kier molecular flexibility index (Phi) is 2.00. The number of rotatable bonds is 0. The number of carbonyl (C=O) groups excluding carboxylic acids is 1. The molecular formula is C18H15NO3. The van der Waals surface area contributed by atoms with E-state index < -0.39 is 5.54 Å². The van der Waals surface area contributed by atoms with Crippen molar-refractivity contribution >= 4 is 17.2 Å². The normalized spacial score (nSPS) is 23.5. The molecule has 0 aliphatic carbocycles. The fourth-order valence-corrected chi connectivity index (χ4v) is 3.93. The van der Waals surface area contributed by atoms with Crippen LogP contribution in [0.15, 0.2) is 30.3 Å². The number of Topliss-reactive ketones (excluding diaryl/α,β-unsaturated/α-hetero) is 1. The second-order valence-electron chi connectivity index (χ2n) is 6.47. The molecule has 0 amide bonds. The third-order valence-electron chi connectivity index (χ3n) is 4.97. The molecule has 110 valence electrons. The van der Waals surface area contributed by atoms with Gasteiger partial charge in [-0.15, -0.1) is 0 Å². The molecule has 5 rings (SSSR count). The first kappa shape index (κ1) is 12.1. The quantitative estimate of drug-likeness (QED) is 0.746. The van der Waals surface area contributed by atoms with Gasteiger partial charge in [0.25, 0.3) is 0 Å². The van der Waals surface area contributed by atoms with Gasteiger partial charge in [0, 0.05) is 23.7 Å². The summed E-state index contributed by atoms with van der Waals surface area (Å²) in [6.45, 7) is 4.31. The van der Waals surface area contributed by atoms with E-state index >= 15 is 0 Å². The molecule has 1 atom stereocenters. The predicted octanol–water partition coefficient (Wildman–Crippen LogP) is 3.37. The van der Waals surface area contributed by atoms with E-state index in [1.165, 1.54) is 0 Å². The number of carbonyl (C=O) groups is 1. The van der Waals surface area contributed by atoms with Crippen LogP contribution >= 0.6 is 0 Å². The standard InChI is InChI=1S/C18H15NO3/c1-10-3-4-13-12(5-10)17(20)18(2)8-11-6-15-16(22-9-21-15)7-14(11)19(13)18/h3-7H,8-9H2,1-2H3. The summed E-state index contributed by atoms with van der Waals surface area (Å²) >= 11 is 0. The van der Waals surface area contributed by atoms with Gasteiger partial charge in [-0.05, 0) is 37.6 Å². The van der Waals surface area contributed by atoms with E-state index in [1.807, 2.05) is 38.1 Å². The molecule has 1 unspecified atom stereocenters. The van der Waals surface area contributed by atoms with Crippen LogP contribution in [0.2, 0.25) is 0 Å². The second kappa shape index (κ2) is 3.64. The van der Waals surface area contributed by atoms with Gasteiger partial charge >= 0.3 is 0 Å². The molecule has 2 aromatic rings. The first-order valence-corrected chi connectivity index (χ1v) is 7.46. The zero-order chi connectivity index (χ0) is 15.1. The van der Waals surface area contributed by atoms with E-state index in [0.29, 0.717) is 6.42 Å². The summed E-state index contributed by atoms with van der Waals surface area (Å²) in [7, 11) is 0. The van der Waals surface area contributed by atoms with Gasteiger partial charge in [-0.25, -0.2) is 0 Å². The summed E-state index contributed by atoms with van der Waals surface area (Å²) in [4.78, 5) is 15.1. The maximum atomic E-state index is 13.0. The van der Waals surface area contributed by atoms with Crippen LogP contribution in [0.4, 0.5) is 11.4 Å². The van der Waals surface area contributed by atoms with Gasteiger partial charge in [-0.2, -0.15) is 0 Å². The molecular weight excluding hydrogens is 278 g/mol. The molecule has 2 aromatic carbocycles. The van der Waals surface area contributed by atoms with Crippen molar-refractivity contribution in [3.63, 3.8) is 0 Å². The molecule has 0 saturated carbocycles. The predicted molar refractivity (Wildman–Crippen MR) is 82.3 cm³/mol. The summed E-state index contributed by atoms with van der Waals surface area (Å²) < 4.78 is 11.0. The van der Waals surface area contributed by atoms with Crippen molar-refractivity contribution in [3.05, 3.63) is 47.0 Å². The number of hydrogen-bond acceptors (Lipinski definition) is 4. The number of nitrogens with zero attached hydrogens (tertiary/aromatic N) is 1. The van der Waals surface area contributed by atoms with Gasteiger partial charge in [0.1, 0.15) is 5.54 Å². The third-order valence-corrected chi connectivity index (χ3v) is 4.97. The second-order valence-corrected chi connectivity index (χ2v) is 6.47. The number of ether oxygens (including phenoxy) is 2. The highest BCUT2D eigenvalue weighted by atomic mass is 16.7. The summed E-state index contributed by atoms with van der Waals surface area (Å²) in [6.07, 6.45) is 0.700. The van der Waals surface area contributed by atoms with Crippen LogP contribution < -0.4 is 14.4 Å². The minimum Gasteiger partial charge on any atom is -0.454 e. The number of anilines is 2. The summed E-state index contributed by atoms with van der Waals surface area (Å²) in [5.74, 6) is 1.74. The topological polar surface area (TPSA) is 38.8 Å². The number of fused-ring (bicyclic) bond motifs is 6. The number of aryl methyl sites for hydroxylation is 1. The molecule has 3 aliphatic heterocycles. The lowest BCUT2D eigenvalue weighted by molar-refractivity contribution is 0.0923. The monoisotopic (exact) mass is 293 g/mol. The highest BCUT2D eigenvalue weighted by Gasteiger charge is 2.53. The van der Waals surface area contributed by atoms with Crippen molar-refractivity contribution < 1.29 is 14.3 Å². The van der Waals surface area contributed by atoms with Gasteiger partial charge < -0.3 is 14.4 Å². The van der Waals surface area contributed by atoms with Crippen LogP contribution in [0.5, 0.6) is 11.5 Å². The highest BCUT2D eigenvalue weighted by Crippen LogP contribution is 2.54. The molecule has 0 spiro atoms. The molecule has 4 heteroatoms. The van der Waals surface area contributed by atoms with E-state index in [9.17, 15) is 4.79 Å². The Morgan fingerprint density at radius 2 is 1.86 bits per heavy atom. The van der Waals surface area contributed by atoms with Gasteiger partial charge in [0.15, 0.2) is 17.3 Å². The van der Waals surface area contributed by atoms with Crippen LogP contribution in [0.25, 0.3) is 0 Å². The lowest BCUT2D eigenvalue weighted by Crippen LogP contribution is -2.42. The average Bonchev–Trinajstić information content (AvgIpc) is 3.10. The molecule has 0 N–H and O–H groups in total. The van der Waals surface area contributed by atoms with Crippen LogP contribution in [0.1, 0.15) is 28.4 Å². The van der Waals surface area contributed by atoms with Gasteiger partial charge in [-0.1, -0.05) is 11.6 Å². The average molecular weight is 293 g/mol. The Labute approximate surface area is 128 Å². The lowest BCUT2D eigenvalue weighted by Gasteiger charge is -2.28. The Balaban J connectivity index is 1.77. The van der Waals surface area contributed by atoms with E-state index in [2.05, 4.69) is 11.0 Å². The minimum absolute atomic E-state index is 0.199. The first-order chi connectivity index (χ1) is 10.6. The Bertz CT molecular complexity index is 858. The van der Waals surface area contributed by atoms with E-state index in [0.717, 1.165) is 39.6 Å². The number of hydrogen-bond donors (Lipinski definition) is 0. The molecule has 3 aliphatic rings. The zero-order valence-corrected chi connectivity index (χ0v) is 12.5. The number of ketones is 1. The van der Waals surface area contributed by atoms with Crippen LogP contribution in [0, 0.1) is 6.92 Å². The molecule has 3 heterocycles. The summed E-state index contributed by atoms with van der Waals surface area (Å²) in [5, 5.41) is 0. The van der Waals surface area contributed by atoms with E-state index in [4.69, 9.17) is 9.47 Å². The minimum atomic E-state index is -0.534. The SMILES string of the molecule is Cc1ccc2c(c1)C(=O)C1(C)Cc3cc4c(cc3N21)OCO4. The van der Waals surface area contributed by atoms with E-state index in [-0.39, 0.29) is 12.6 Å². The van der Waals surface area contributed by atoms with E-state index in [1.54, 1.807) is 0 Å². The molecule has 0 radical (unpaired) electrons. The molecule has 0 bridgehead atoms. The maximum absolute atomic E-state index is 13.0. The third kappa shape index (κ3) is 1.26. The molecule has 22 heavy (non-hydrogen) atoms. The molecule has 0 aromatic heterocycles. The van der Waals surface area contributed by atoms with Crippen molar-refractivity contribution in [2.75, 3.05) is 11.7 Å². The largest absolute Gasteiger partial charge is 0.454 e. The molecule has 0 fully saturated rings. The Morgan fingerprint density at radius 1 is 1.09 bits per heavy atom. The maximum Gasteiger partial charge on any atom is 0.231 e. The van der Waals surface area contributed by atoms with Crippen LogP contribution in [-0.4, -0.2) is 18.1 Å². The van der Waals surface area contributed by atoms with Gasteiger partial charge in [0.05, 0.1) is 5.69 Å². The summed E-state index contributed by atoms with van der Waals surface area (Å²) in [5.41, 5.74) is 4.60. The smallest absolute Gasteiger partial charge is 0.231 e. The van der Waals surface area contributed by atoms with Crippen molar-refractivity contribution in [1.82, 2.24) is 0 Å². The fraction of sp³-hybridized carbons (Fsp3) is 0.278. The van der Waals surface area contributed by atoms with Crippen LogP contribution in [0.3, 0.4) is 0 Å². The van der Waals surface area contributed by atoms with Crippen molar-refractivity contribution in [1.29, 1.82) is 0 Å². The Morgan fingerprint density at radius 3 is 2.68 bits per heavy atom. The summed E-state index contributed by atoms with van der Waals surface area (Å²) in [6, 6.07) is 10.1. The van der Waals surface area contributed by atoms with Crippen molar-refractivity contribution in [2.45, 2.75) is 25.8 Å². The Hall–Kier alpha value is -2.49. The molecule has 0 saturated heterocycles.